The van der Waals surface area contributed by atoms with E-state index in [0.717, 1.165) is 84.2 Å². The average molecular weight is 679 g/mol. The molecule has 1 aliphatic carbocycles. The van der Waals surface area contributed by atoms with Gasteiger partial charge < -0.3 is 30.3 Å². The number of amides is 1. The smallest absolute Gasteiger partial charge is 0.319 e. The van der Waals surface area contributed by atoms with Gasteiger partial charge in [-0.2, -0.15) is 9.97 Å². The third kappa shape index (κ3) is 5.31. The van der Waals surface area contributed by atoms with E-state index in [9.17, 15) is 14.3 Å². The predicted octanol–water partition coefficient (Wildman–Crippen LogP) is 5.12. The molecule has 1 amide bonds. The van der Waals surface area contributed by atoms with Crippen LogP contribution in [0.2, 0.25) is 0 Å². The number of likely N-dealkylation sites (tertiary alicyclic amines) is 1. The first-order valence-corrected chi connectivity index (χ1v) is 17.8. The number of piperazine rings is 1. The molecule has 4 aliphatic heterocycles. The minimum atomic E-state index is -0.618. The molecule has 9 nitrogen and oxygen atoms in total. The second kappa shape index (κ2) is 11.8. The zero-order chi connectivity index (χ0) is 34.2. The molecule has 9 rings (SSSR count). The molecule has 2 bridgehead atoms. The van der Waals surface area contributed by atoms with E-state index in [1.54, 1.807) is 12.1 Å². The third-order valence-electron chi connectivity index (χ3n) is 12.0. The number of fused-ring (bicyclic) bond motifs is 4. The lowest BCUT2D eigenvalue weighted by Crippen LogP contribution is -2.51. The first-order chi connectivity index (χ1) is 24.2. The van der Waals surface area contributed by atoms with Crippen LogP contribution in [0.25, 0.3) is 32.8 Å². The van der Waals surface area contributed by atoms with Gasteiger partial charge >= 0.3 is 6.01 Å². The minimum Gasteiger partial charge on any atom is -0.508 e. The molecule has 3 N–H and O–H groups in total. The van der Waals surface area contributed by atoms with Crippen LogP contribution in [0.5, 0.6) is 11.8 Å². The number of hydrogen-bond donors (Lipinski definition) is 3. The Morgan fingerprint density at radius 2 is 1.78 bits per heavy atom. The summed E-state index contributed by atoms with van der Waals surface area (Å²) in [5, 5.41) is 18.7. The fourth-order valence-electron chi connectivity index (χ4n) is 8.94. The highest BCUT2D eigenvalue weighted by Gasteiger charge is 2.49. The average Bonchev–Trinajstić information content (AvgIpc) is 3.68. The van der Waals surface area contributed by atoms with E-state index in [4.69, 9.17) is 16.1 Å². The summed E-state index contributed by atoms with van der Waals surface area (Å²) in [6.45, 7) is 5.33. The lowest BCUT2D eigenvalue weighted by atomic mass is 9.77. The number of aromatic hydroxyl groups is 1. The van der Waals surface area contributed by atoms with Gasteiger partial charge in [0, 0.05) is 60.0 Å². The van der Waals surface area contributed by atoms with Crippen LogP contribution >= 0.6 is 0 Å². The van der Waals surface area contributed by atoms with Crippen molar-refractivity contribution in [3.8, 4) is 35.2 Å². The lowest BCUT2D eigenvalue weighted by molar-refractivity contribution is -0.130. The van der Waals surface area contributed by atoms with Crippen LogP contribution in [0.4, 0.5) is 14.6 Å². The monoisotopic (exact) mass is 678 g/mol. The van der Waals surface area contributed by atoms with Crippen molar-refractivity contribution in [3.63, 3.8) is 0 Å². The summed E-state index contributed by atoms with van der Waals surface area (Å²) in [4.78, 5) is 26.8. The standard InChI is InChI=1S/C39H40F2N6O3/c1-2-27-31(40)8-3-23-17-26(48)18-30(32(23)27)28-6-7-29-34(33(28)41)44-37(45-35(29)47-19-24-4-5-25(20-47)43-24)50-22-38(9-10-38)21-46-15-12-39(13-16-46)11-14-42-36(39)49/h1,3,6-8,17-18,24-25,43,48H,4-5,9-16,19-22H2,(H,42,49). The van der Waals surface area contributed by atoms with E-state index in [2.05, 4.69) is 31.3 Å². The molecular weight excluding hydrogens is 638 g/mol. The number of halogens is 2. The zero-order valence-corrected chi connectivity index (χ0v) is 27.9. The van der Waals surface area contributed by atoms with Gasteiger partial charge in [0.15, 0.2) is 5.82 Å². The first kappa shape index (κ1) is 31.5. The van der Waals surface area contributed by atoms with Gasteiger partial charge in [0.05, 0.1) is 17.6 Å². The Morgan fingerprint density at radius 1 is 1.00 bits per heavy atom. The van der Waals surface area contributed by atoms with Crippen LogP contribution in [0.15, 0.2) is 36.4 Å². The van der Waals surface area contributed by atoms with Crippen molar-refractivity contribution in [2.45, 2.75) is 57.0 Å². The summed E-state index contributed by atoms with van der Waals surface area (Å²) in [6.07, 6.45) is 12.6. The SMILES string of the molecule is C#Cc1c(F)ccc2cc(O)cc(-c3ccc4c(N5CC6CCC(C5)N6)nc(OCC5(CN6CCC7(CCNC7=O)CC6)CC5)nc4c3F)c12. The van der Waals surface area contributed by atoms with Crippen LogP contribution in [0.1, 0.15) is 50.5 Å². The van der Waals surface area contributed by atoms with Gasteiger partial charge in [0.25, 0.3) is 0 Å². The summed E-state index contributed by atoms with van der Waals surface area (Å²) in [5.74, 6) is 1.96. The second-order valence-corrected chi connectivity index (χ2v) is 15.2. The Hall–Kier alpha value is -4.53. The number of terminal acetylenes is 1. The van der Waals surface area contributed by atoms with Crippen LogP contribution in [0.3, 0.4) is 0 Å². The number of phenols is 1. The number of piperidine rings is 1. The predicted molar refractivity (Wildman–Crippen MR) is 187 cm³/mol. The molecule has 4 aromatic rings. The number of ether oxygens (including phenoxy) is 1. The van der Waals surface area contributed by atoms with Crippen LogP contribution in [0, 0.1) is 34.8 Å². The number of aromatic nitrogens is 2. The fraction of sp³-hybridized carbons (Fsp3) is 0.462. The highest BCUT2D eigenvalue weighted by atomic mass is 19.1. The molecule has 5 fully saturated rings. The number of benzene rings is 3. The quantitative estimate of drug-likeness (QED) is 0.232. The molecule has 1 aromatic heterocycles. The highest BCUT2D eigenvalue weighted by molar-refractivity contribution is 6.04. The maximum Gasteiger partial charge on any atom is 0.319 e. The molecule has 1 saturated carbocycles. The number of phenolic OH excluding ortho intramolecular Hbond substituents is 1. The first-order valence-electron chi connectivity index (χ1n) is 17.8. The molecule has 11 heteroatoms. The van der Waals surface area contributed by atoms with Crippen molar-refractivity contribution in [1.82, 2.24) is 25.5 Å². The van der Waals surface area contributed by atoms with E-state index >= 15 is 4.39 Å². The van der Waals surface area contributed by atoms with E-state index < -0.39 is 11.6 Å². The summed E-state index contributed by atoms with van der Waals surface area (Å²) < 4.78 is 38.3. The number of anilines is 1. The Labute approximate surface area is 289 Å². The maximum atomic E-state index is 17.0. The topological polar surface area (TPSA) is 103 Å². The number of rotatable bonds is 7. The number of nitrogens with one attached hydrogen (secondary N) is 2. The fourth-order valence-corrected chi connectivity index (χ4v) is 8.94. The number of carbonyl (C=O) groups excluding carboxylic acids is 1. The summed E-state index contributed by atoms with van der Waals surface area (Å²) in [6, 6.07) is 9.91. The Kier molecular flexibility index (Phi) is 7.41. The molecule has 0 radical (unpaired) electrons. The van der Waals surface area contributed by atoms with E-state index in [-0.39, 0.29) is 50.7 Å². The summed E-state index contributed by atoms with van der Waals surface area (Å²) >= 11 is 0. The van der Waals surface area contributed by atoms with Gasteiger partial charge in [-0.25, -0.2) is 8.78 Å². The lowest BCUT2D eigenvalue weighted by Gasteiger charge is -2.38. The van der Waals surface area contributed by atoms with E-state index in [1.807, 2.05) is 0 Å². The Bertz CT molecular complexity index is 2070. The highest BCUT2D eigenvalue weighted by Crippen LogP contribution is 2.48. The van der Waals surface area contributed by atoms with Crippen LogP contribution in [-0.2, 0) is 4.79 Å². The number of hydrogen-bond acceptors (Lipinski definition) is 8. The van der Waals surface area contributed by atoms with E-state index in [1.165, 1.54) is 24.3 Å². The molecular formula is C39H40F2N6O3. The largest absolute Gasteiger partial charge is 0.508 e. The Balaban J connectivity index is 1.06. The maximum absolute atomic E-state index is 17.0. The normalized spacial score (nSPS) is 23.8. The zero-order valence-electron chi connectivity index (χ0n) is 27.9. The van der Waals surface area contributed by atoms with Crippen molar-refractivity contribution in [2.75, 3.05) is 50.8 Å². The van der Waals surface area contributed by atoms with Crippen molar-refractivity contribution in [1.29, 1.82) is 0 Å². The van der Waals surface area contributed by atoms with Crippen molar-refractivity contribution < 1.29 is 23.4 Å². The molecule has 5 heterocycles. The van der Waals surface area contributed by atoms with Crippen molar-refractivity contribution in [2.24, 2.45) is 10.8 Å². The minimum absolute atomic E-state index is 0.00537. The van der Waals surface area contributed by atoms with Gasteiger partial charge in [-0.15, -0.1) is 6.42 Å². The second-order valence-electron chi connectivity index (χ2n) is 15.2. The summed E-state index contributed by atoms with van der Waals surface area (Å²) in [5.41, 5.74) is 0.299. The van der Waals surface area contributed by atoms with Crippen molar-refractivity contribution in [3.05, 3.63) is 53.6 Å². The van der Waals surface area contributed by atoms with Gasteiger partial charge in [0.1, 0.15) is 22.9 Å². The van der Waals surface area contributed by atoms with Crippen LogP contribution < -0.4 is 20.3 Å². The third-order valence-corrected chi connectivity index (χ3v) is 12.0. The molecule has 5 aliphatic rings. The number of carbonyl (C=O) groups is 1. The molecule has 50 heavy (non-hydrogen) atoms. The number of nitrogens with zero attached hydrogens (tertiary/aromatic N) is 4. The van der Waals surface area contributed by atoms with Gasteiger partial charge in [0.2, 0.25) is 5.91 Å². The van der Waals surface area contributed by atoms with Gasteiger partial charge in [-0.1, -0.05) is 18.1 Å². The summed E-state index contributed by atoms with van der Waals surface area (Å²) in [7, 11) is 0. The van der Waals surface area contributed by atoms with Gasteiger partial charge in [-0.3, -0.25) is 4.79 Å². The van der Waals surface area contributed by atoms with Crippen molar-refractivity contribution >= 4 is 33.4 Å². The molecule has 3 aromatic carbocycles. The van der Waals surface area contributed by atoms with Gasteiger partial charge in [-0.05, 0) is 93.3 Å². The Morgan fingerprint density at radius 3 is 2.48 bits per heavy atom. The van der Waals surface area contributed by atoms with E-state index in [0.29, 0.717) is 40.7 Å². The molecule has 2 unspecified atom stereocenters. The molecule has 258 valence electrons. The molecule has 1 spiro atoms. The molecule has 2 atom stereocenters. The molecule has 4 saturated heterocycles. The van der Waals surface area contributed by atoms with Crippen LogP contribution in [-0.4, -0.2) is 83.8 Å².